The zero-order valence-corrected chi connectivity index (χ0v) is 11.2. The van der Waals surface area contributed by atoms with Gasteiger partial charge in [-0.15, -0.1) is 0 Å². The highest BCUT2D eigenvalue weighted by molar-refractivity contribution is 6.31. The van der Waals surface area contributed by atoms with Gasteiger partial charge in [0.2, 0.25) is 0 Å². The van der Waals surface area contributed by atoms with E-state index in [4.69, 9.17) is 22.6 Å². The number of carbonyl (C=O) groups is 1. The minimum atomic E-state index is -1.14. The Morgan fingerprint density at radius 3 is 2.67 bits per heavy atom. The molecule has 0 saturated carbocycles. The third-order valence-electron chi connectivity index (χ3n) is 2.69. The predicted molar refractivity (Wildman–Crippen MR) is 74.9 cm³/mol. The van der Waals surface area contributed by atoms with Gasteiger partial charge in [-0.05, 0) is 30.3 Å². The van der Waals surface area contributed by atoms with E-state index in [1.165, 1.54) is 18.2 Å². The molecule has 0 fully saturated rings. The number of rotatable bonds is 2. The van der Waals surface area contributed by atoms with Crippen LogP contribution in [0.15, 0.2) is 30.3 Å². The van der Waals surface area contributed by atoms with E-state index in [1.54, 1.807) is 0 Å². The van der Waals surface area contributed by atoms with Crippen molar-refractivity contribution < 1.29 is 13.6 Å². The summed E-state index contributed by atoms with van der Waals surface area (Å²) in [6, 6.07) is 7.84. The minimum Gasteiger partial charge on any atom is -0.396 e. The Hall–Kier alpha value is -2.65. The summed E-state index contributed by atoms with van der Waals surface area (Å²) in [6.45, 7) is 0. The fourth-order valence-corrected chi connectivity index (χ4v) is 1.82. The molecule has 106 valence electrons. The van der Waals surface area contributed by atoms with E-state index in [0.717, 1.165) is 12.1 Å². The van der Waals surface area contributed by atoms with Crippen molar-refractivity contribution in [3.05, 3.63) is 58.1 Å². The number of hydrogen-bond donors (Lipinski definition) is 2. The Bertz CT molecular complexity index is 772. The second-order valence-corrected chi connectivity index (χ2v) is 4.49. The zero-order valence-electron chi connectivity index (χ0n) is 10.5. The molecule has 0 atom stereocenters. The van der Waals surface area contributed by atoms with Gasteiger partial charge in [-0.3, -0.25) is 4.79 Å². The lowest BCUT2D eigenvalue weighted by Crippen LogP contribution is -2.17. The first-order valence-corrected chi connectivity index (χ1v) is 6.06. The number of nitrogens with zero attached hydrogens (tertiary/aromatic N) is 1. The molecule has 2 aromatic rings. The number of benzene rings is 2. The van der Waals surface area contributed by atoms with Crippen LogP contribution in [-0.2, 0) is 0 Å². The Morgan fingerprint density at radius 1 is 1.29 bits per heavy atom. The van der Waals surface area contributed by atoms with E-state index in [2.05, 4.69) is 5.32 Å². The van der Waals surface area contributed by atoms with Crippen LogP contribution in [0.2, 0.25) is 5.02 Å². The van der Waals surface area contributed by atoms with Crippen molar-refractivity contribution in [2.75, 3.05) is 11.1 Å². The van der Waals surface area contributed by atoms with Crippen LogP contribution in [0.4, 0.5) is 20.2 Å². The van der Waals surface area contributed by atoms with Crippen molar-refractivity contribution in [1.82, 2.24) is 0 Å². The van der Waals surface area contributed by atoms with Crippen molar-refractivity contribution >= 4 is 28.9 Å². The van der Waals surface area contributed by atoms with E-state index in [0.29, 0.717) is 0 Å². The fourth-order valence-electron chi connectivity index (χ4n) is 1.66. The van der Waals surface area contributed by atoms with Gasteiger partial charge in [-0.1, -0.05) is 11.6 Å². The highest BCUT2D eigenvalue weighted by atomic mass is 35.5. The van der Waals surface area contributed by atoms with Crippen LogP contribution in [0.3, 0.4) is 0 Å². The summed E-state index contributed by atoms with van der Waals surface area (Å²) in [5.41, 5.74) is 4.49. The molecule has 0 heterocycles. The van der Waals surface area contributed by atoms with Gasteiger partial charge in [0.25, 0.3) is 5.91 Å². The molecular weight excluding hydrogens is 300 g/mol. The lowest BCUT2D eigenvalue weighted by Gasteiger charge is -2.09. The van der Waals surface area contributed by atoms with E-state index in [-0.39, 0.29) is 22.0 Å². The Balaban J connectivity index is 2.35. The number of nitrogen functional groups attached to an aromatic ring is 1. The number of nitriles is 1. The second-order valence-electron chi connectivity index (χ2n) is 4.09. The molecule has 4 nitrogen and oxygen atoms in total. The molecule has 0 radical (unpaired) electrons. The van der Waals surface area contributed by atoms with Crippen LogP contribution in [0, 0.1) is 23.0 Å². The van der Waals surface area contributed by atoms with E-state index in [9.17, 15) is 13.6 Å². The topological polar surface area (TPSA) is 78.9 Å². The molecule has 0 saturated heterocycles. The second kappa shape index (κ2) is 5.77. The summed E-state index contributed by atoms with van der Waals surface area (Å²) >= 11 is 5.75. The number of nitrogens with two attached hydrogens (primary N) is 1. The van der Waals surface area contributed by atoms with Crippen molar-refractivity contribution in [2.45, 2.75) is 0 Å². The van der Waals surface area contributed by atoms with Crippen molar-refractivity contribution in [3.63, 3.8) is 0 Å². The third kappa shape index (κ3) is 2.93. The molecule has 3 N–H and O–H groups in total. The molecule has 0 aromatic heterocycles. The summed E-state index contributed by atoms with van der Waals surface area (Å²) in [5.74, 6) is -3.18. The summed E-state index contributed by atoms with van der Waals surface area (Å²) < 4.78 is 27.3. The molecule has 0 aliphatic rings. The highest BCUT2D eigenvalue weighted by Gasteiger charge is 2.20. The van der Waals surface area contributed by atoms with Crippen LogP contribution < -0.4 is 11.1 Å². The SMILES string of the molecule is N#Cc1cc(NC(=O)c2c(F)ccc(N)c2F)ccc1Cl. The van der Waals surface area contributed by atoms with Crippen LogP contribution in [-0.4, -0.2) is 5.91 Å². The smallest absolute Gasteiger partial charge is 0.261 e. The van der Waals surface area contributed by atoms with Gasteiger partial charge in [-0.25, -0.2) is 8.78 Å². The van der Waals surface area contributed by atoms with Gasteiger partial charge in [0, 0.05) is 5.69 Å². The molecule has 2 rings (SSSR count). The quantitative estimate of drug-likeness (QED) is 0.835. The van der Waals surface area contributed by atoms with E-state index < -0.39 is 23.1 Å². The molecule has 1 amide bonds. The van der Waals surface area contributed by atoms with Gasteiger partial charge < -0.3 is 11.1 Å². The highest BCUT2D eigenvalue weighted by Crippen LogP contribution is 2.22. The predicted octanol–water partition coefficient (Wildman–Crippen LogP) is 3.32. The maximum absolute atomic E-state index is 13.7. The van der Waals surface area contributed by atoms with Gasteiger partial charge in [0.15, 0.2) is 5.82 Å². The van der Waals surface area contributed by atoms with Crippen molar-refractivity contribution in [1.29, 1.82) is 5.26 Å². The molecule has 7 heteroatoms. The van der Waals surface area contributed by atoms with Crippen LogP contribution in [0.25, 0.3) is 0 Å². The van der Waals surface area contributed by atoms with E-state index in [1.807, 2.05) is 6.07 Å². The van der Waals surface area contributed by atoms with Crippen LogP contribution in [0.5, 0.6) is 0 Å². The maximum Gasteiger partial charge on any atom is 0.261 e. The first kappa shape index (κ1) is 14.8. The van der Waals surface area contributed by atoms with Gasteiger partial charge >= 0.3 is 0 Å². The Labute approximate surface area is 123 Å². The summed E-state index contributed by atoms with van der Waals surface area (Å²) in [7, 11) is 0. The van der Waals surface area contributed by atoms with Crippen molar-refractivity contribution in [2.24, 2.45) is 0 Å². The molecule has 21 heavy (non-hydrogen) atoms. The molecule has 0 aliphatic carbocycles. The average molecular weight is 308 g/mol. The Kier molecular flexibility index (Phi) is 4.05. The zero-order chi connectivity index (χ0) is 15.6. The van der Waals surface area contributed by atoms with Crippen molar-refractivity contribution in [3.8, 4) is 6.07 Å². The van der Waals surface area contributed by atoms with E-state index >= 15 is 0 Å². The maximum atomic E-state index is 13.7. The molecule has 0 bridgehead atoms. The molecule has 0 aliphatic heterocycles. The third-order valence-corrected chi connectivity index (χ3v) is 3.02. The van der Waals surface area contributed by atoms with Gasteiger partial charge in [-0.2, -0.15) is 5.26 Å². The van der Waals surface area contributed by atoms with Crippen LogP contribution in [0.1, 0.15) is 15.9 Å². The molecular formula is C14H8ClF2N3O. The summed E-state index contributed by atoms with van der Waals surface area (Å²) in [5, 5.41) is 11.3. The number of hydrogen-bond acceptors (Lipinski definition) is 3. The normalized spacial score (nSPS) is 10.0. The van der Waals surface area contributed by atoms with Gasteiger partial charge in [0.05, 0.1) is 16.3 Å². The summed E-state index contributed by atoms with van der Waals surface area (Å²) in [6.07, 6.45) is 0. The molecule has 0 unspecified atom stereocenters. The first-order chi connectivity index (χ1) is 9.93. The number of amides is 1. The Morgan fingerprint density at radius 2 is 2.00 bits per heavy atom. The van der Waals surface area contributed by atoms with Gasteiger partial charge in [0.1, 0.15) is 17.4 Å². The monoisotopic (exact) mass is 307 g/mol. The molecule has 2 aromatic carbocycles. The number of carbonyl (C=O) groups excluding carboxylic acids is 1. The summed E-state index contributed by atoms with van der Waals surface area (Å²) in [4.78, 5) is 11.9. The first-order valence-electron chi connectivity index (χ1n) is 5.68. The number of anilines is 2. The lowest BCUT2D eigenvalue weighted by atomic mass is 10.1. The lowest BCUT2D eigenvalue weighted by molar-refractivity contribution is 0.101. The largest absolute Gasteiger partial charge is 0.396 e. The number of nitrogens with one attached hydrogen (secondary N) is 1. The van der Waals surface area contributed by atoms with Crippen LogP contribution >= 0.6 is 11.6 Å². The fraction of sp³-hybridized carbons (Fsp3) is 0. The minimum absolute atomic E-state index is 0.128. The standard InChI is InChI=1S/C14H8ClF2N3O/c15-9-2-1-8(5-7(9)6-18)20-14(21)12-10(16)3-4-11(19)13(12)17/h1-5H,19H2,(H,20,21). The molecule has 0 spiro atoms. The average Bonchev–Trinajstić information content (AvgIpc) is 2.45. The number of halogens is 3.